The van der Waals surface area contributed by atoms with Gasteiger partial charge in [-0.25, -0.2) is 0 Å². The van der Waals surface area contributed by atoms with Crippen molar-refractivity contribution in [2.24, 2.45) is 11.7 Å². The molecule has 1 aromatic rings. The van der Waals surface area contributed by atoms with Crippen LogP contribution in [0.4, 0.5) is 0 Å². The van der Waals surface area contributed by atoms with Gasteiger partial charge in [0.1, 0.15) is 0 Å². The van der Waals surface area contributed by atoms with Crippen LogP contribution < -0.4 is 5.73 Å². The first kappa shape index (κ1) is 13.5. The van der Waals surface area contributed by atoms with Crippen LogP contribution in [-0.2, 0) is 6.42 Å². The molecule has 0 amide bonds. The van der Waals surface area contributed by atoms with Gasteiger partial charge in [-0.1, -0.05) is 44.7 Å². The Hall–Kier alpha value is -0.900. The van der Waals surface area contributed by atoms with E-state index in [1.165, 1.54) is 38.5 Å². The Kier molecular flexibility index (Phi) is 4.75. The molecule has 18 heavy (non-hydrogen) atoms. The summed E-state index contributed by atoms with van der Waals surface area (Å²) in [5.41, 5.74) is 6.03. The molecule has 0 radical (unpaired) electrons. The fourth-order valence-corrected chi connectivity index (χ4v) is 2.49. The van der Waals surface area contributed by atoms with Crippen LogP contribution in [0.5, 0.6) is 0 Å². The molecule has 1 fully saturated rings. The Labute approximate surface area is 109 Å². The van der Waals surface area contributed by atoms with Crippen LogP contribution in [0.1, 0.15) is 70.0 Å². The molecule has 0 bridgehead atoms. The van der Waals surface area contributed by atoms with E-state index in [4.69, 9.17) is 10.3 Å². The zero-order valence-corrected chi connectivity index (χ0v) is 11.6. The Balaban J connectivity index is 1.96. The van der Waals surface area contributed by atoms with E-state index in [0.29, 0.717) is 24.1 Å². The Morgan fingerprint density at radius 1 is 1.22 bits per heavy atom. The van der Waals surface area contributed by atoms with E-state index in [1.54, 1.807) is 0 Å². The third-order valence-electron chi connectivity index (χ3n) is 3.97. The van der Waals surface area contributed by atoms with Crippen molar-refractivity contribution in [1.82, 2.24) is 10.1 Å². The van der Waals surface area contributed by atoms with Crippen LogP contribution in [0, 0.1) is 5.92 Å². The summed E-state index contributed by atoms with van der Waals surface area (Å²) in [5.74, 6) is 2.55. The first-order valence-corrected chi connectivity index (χ1v) is 7.25. The summed E-state index contributed by atoms with van der Waals surface area (Å²) in [4.78, 5) is 4.54. The molecule has 0 saturated heterocycles. The maximum absolute atomic E-state index is 6.03. The number of rotatable bonds is 4. The summed E-state index contributed by atoms with van der Waals surface area (Å²) in [5, 5.41) is 4.15. The number of aromatic nitrogens is 2. The summed E-state index contributed by atoms with van der Waals surface area (Å²) in [7, 11) is 0. The molecule has 2 N–H and O–H groups in total. The molecule has 1 aromatic heterocycles. The SMILES string of the molecule is CC(C)C(N)Cc1nc(C2CCCCCC2)no1. The molecule has 0 aliphatic heterocycles. The van der Waals surface area contributed by atoms with Crippen molar-refractivity contribution in [3.63, 3.8) is 0 Å². The lowest BCUT2D eigenvalue weighted by molar-refractivity contribution is 0.346. The summed E-state index contributed by atoms with van der Waals surface area (Å²) in [6.45, 7) is 4.24. The predicted octanol–water partition coefficient (Wildman–Crippen LogP) is 3.03. The van der Waals surface area contributed by atoms with Gasteiger partial charge in [0.05, 0.1) is 0 Å². The fraction of sp³-hybridized carbons (Fsp3) is 0.857. The first-order valence-electron chi connectivity index (χ1n) is 7.25. The van der Waals surface area contributed by atoms with Gasteiger partial charge in [0, 0.05) is 18.4 Å². The number of hydrogen-bond acceptors (Lipinski definition) is 4. The lowest BCUT2D eigenvalue weighted by Gasteiger charge is -2.12. The minimum atomic E-state index is 0.104. The fourth-order valence-electron chi connectivity index (χ4n) is 2.49. The van der Waals surface area contributed by atoms with Gasteiger partial charge in [0.2, 0.25) is 5.89 Å². The Morgan fingerprint density at radius 3 is 2.50 bits per heavy atom. The number of nitrogens with two attached hydrogens (primary N) is 1. The van der Waals surface area contributed by atoms with Gasteiger partial charge >= 0.3 is 0 Å². The lowest BCUT2D eigenvalue weighted by atomic mass is 9.99. The molecule has 1 aliphatic carbocycles. The maximum Gasteiger partial charge on any atom is 0.228 e. The molecule has 0 aromatic carbocycles. The largest absolute Gasteiger partial charge is 0.339 e. The third-order valence-corrected chi connectivity index (χ3v) is 3.97. The average molecular weight is 251 g/mol. The molecule has 0 spiro atoms. The van der Waals surface area contributed by atoms with Crippen LogP contribution in [0.25, 0.3) is 0 Å². The summed E-state index contributed by atoms with van der Waals surface area (Å²) < 4.78 is 5.34. The highest BCUT2D eigenvalue weighted by Gasteiger charge is 2.21. The van der Waals surface area contributed by atoms with Crippen molar-refractivity contribution in [3.05, 3.63) is 11.7 Å². The second-order valence-electron chi connectivity index (χ2n) is 5.85. The second kappa shape index (κ2) is 6.32. The minimum Gasteiger partial charge on any atom is -0.339 e. The highest BCUT2D eigenvalue weighted by atomic mass is 16.5. The summed E-state index contributed by atoms with van der Waals surface area (Å²) in [6, 6.07) is 0.104. The molecule has 4 heteroatoms. The molecule has 102 valence electrons. The van der Waals surface area contributed by atoms with Gasteiger partial charge in [0.15, 0.2) is 5.82 Å². The van der Waals surface area contributed by atoms with Crippen molar-refractivity contribution < 1.29 is 4.52 Å². The van der Waals surface area contributed by atoms with E-state index in [2.05, 4.69) is 24.0 Å². The van der Waals surface area contributed by atoms with Gasteiger partial charge in [-0.3, -0.25) is 0 Å². The zero-order chi connectivity index (χ0) is 13.0. The Morgan fingerprint density at radius 2 is 1.89 bits per heavy atom. The molecular formula is C14H25N3O. The van der Waals surface area contributed by atoms with Crippen molar-refractivity contribution in [2.45, 2.75) is 70.8 Å². The molecule has 2 rings (SSSR count). The van der Waals surface area contributed by atoms with Gasteiger partial charge in [-0.2, -0.15) is 4.98 Å². The van der Waals surface area contributed by atoms with E-state index in [1.807, 2.05) is 0 Å². The molecule has 1 atom stereocenters. The van der Waals surface area contributed by atoms with Crippen LogP contribution in [0.3, 0.4) is 0 Å². The van der Waals surface area contributed by atoms with E-state index in [0.717, 1.165) is 5.82 Å². The second-order valence-corrected chi connectivity index (χ2v) is 5.85. The average Bonchev–Trinajstić information content (AvgIpc) is 2.63. The molecule has 1 unspecified atom stereocenters. The van der Waals surface area contributed by atoms with E-state index in [-0.39, 0.29) is 6.04 Å². The minimum absolute atomic E-state index is 0.104. The van der Waals surface area contributed by atoms with E-state index in [9.17, 15) is 0 Å². The van der Waals surface area contributed by atoms with Crippen LogP contribution >= 0.6 is 0 Å². The van der Waals surface area contributed by atoms with Crippen LogP contribution in [0.15, 0.2) is 4.52 Å². The monoisotopic (exact) mass is 251 g/mol. The van der Waals surface area contributed by atoms with Gasteiger partial charge in [-0.15, -0.1) is 0 Å². The third kappa shape index (κ3) is 3.55. The molecule has 1 heterocycles. The Bertz CT molecular complexity index is 354. The lowest BCUT2D eigenvalue weighted by Crippen LogP contribution is -2.28. The first-order chi connectivity index (χ1) is 8.66. The van der Waals surface area contributed by atoms with Gasteiger partial charge in [0.25, 0.3) is 0 Å². The number of nitrogens with zero attached hydrogens (tertiary/aromatic N) is 2. The summed E-state index contributed by atoms with van der Waals surface area (Å²) in [6.07, 6.45) is 8.38. The van der Waals surface area contributed by atoms with Gasteiger partial charge < -0.3 is 10.3 Å². The smallest absolute Gasteiger partial charge is 0.228 e. The normalized spacial score (nSPS) is 20.0. The maximum atomic E-state index is 6.03. The van der Waals surface area contributed by atoms with Crippen molar-refractivity contribution >= 4 is 0 Å². The summed E-state index contributed by atoms with van der Waals surface area (Å²) >= 11 is 0. The standard InChI is InChI=1S/C14H25N3O/c1-10(2)12(15)9-13-16-14(17-18-13)11-7-5-3-4-6-8-11/h10-12H,3-9,15H2,1-2H3. The van der Waals surface area contributed by atoms with E-state index < -0.39 is 0 Å². The van der Waals surface area contributed by atoms with E-state index >= 15 is 0 Å². The van der Waals surface area contributed by atoms with Crippen molar-refractivity contribution in [3.8, 4) is 0 Å². The molecule has 4 nitrogen and oxygen atoms in total. The molecule has 1 aliphatic rings. The van der Waals surface area contributed by atoms with Crippen LogP contribution in [-0.4, -0.2) is 16.2 Å². The zero-order valence-electron chi connectivity index (χ0n) is 11.6. The van der Waals surface area contributed by atoms with Crippen molar-refractivity contribution in [2.75, 3.05) is 0 Å². The quantitative estimate of drug-likeness (QED) is 0.835. The molecule has 1 saturated carbocycles. The highest BCUT2D eigenvalue weighted by molar-refractivity contribution is 4.97. The number of hydrogen-bond donors (Lipinski definition) is 1. The van der Waals surface area contributed by atoms with Crippen LogP contribution in [0.2, 0.25) is 0 Å². The predicted molar refractivity (Wildman–Crippen MR) is 71.3 cm³/mol. The van der Waals surface area contributed by atoms with Gasteiger partial charge in [-0.05, 0) is 18.8 Å². The highest BCUT2D eigenvalue weighted by Crippen LogP contribution is 2.29. The molecular weight excluding hydrogens is 226 g/mol. The topological polar surface area (TPSA) is 64.9 Å². The van der Waals surface area contributed by atoms with Crippen molar-refractivity contribution in [1.29, 1.82) is 0 Å².